The molecule has 1 heterocycles. The fourth-order valence-electron chi connectivity index (χ4n) is 0.993. The van der Waals surface area contributed by atoms with Crippen molar-refractivity contribution < 1.29 is 4.21 Å². The van der Waals surface area contributed by atoms with E-state index in [9.17, 15) is 4.21 Å². The van der Waals surface area contributed by atoms with E-state index in [0.717, 1.165) is 0 Å². The Bertz CT molecular complexity index is 381. The highest BCUT2D eigenvalue weighted by atomic mass is 32.2. The minimum Gasteiger partial charge on any atom is -0.388 e. The fraction of sp³-hybridized carbons (Fsp3) is 0.333. The van der Waals surface area contributed by atoms with Crippen LogP contribution in [0.2, 0.25) is 0 Å². The molecule has 0 aliphatic carbocycles. The van der Waals surface area contributed by atoms with Crippen LogP contribution in [0.3, 0.4) is 0 Å². The maximum atomic E-state index is 10.8. The maximum Gasteiger partial charge on any atom is 0.126 e. The Hall–Kier alpha value is -1.01. The number of pyridine rings is 1. The number of nitrogens with one attached hydrogen (secondary N) is 1. The van der Waals surface area contributed by atoms with E-state index >= 15 is 0 Å². The van der Waals surface area contributed by atoms with Crippen LogP contribution in [0.5, 0.6) is 0 Å². The summed E-state index contributed by atoms with van der Waals surface area (Å²) in [5.41, 5.74) is 6.04. The predicted molar refractivity (Wildman–Crippen MR) is 67.5 cm³/mol. The number of nitrogens with two attached hydrogens (primary N) is 1. The molecule has 0 bridgehead atoms. The minimum absolute atomic E-state index is 0.276. The molecule has 1 rings (SSSR count). The lowest BCUT2D eigenvalue weighted by Crippen LogP contribution is -2.14. The quantitative estimate of drug-likeness (QED) is 0.737. The van der Waals surface area contributed by atoms with Crippen LogP contribution in [0, 0.1) is 0 Å². The second-order valence-corrected chi connectivity index (χ2v) is 4.97. The fourth-order valence-corrected chi connectivity index (χ4v) is 1.50. The first kappa shape index (κ1) is 12.1. The van der Waals surface area contributed by atoms with E-state index in [1.165, 1.54) is 0 Å². The molecular formula is C9H13N3OS2. The first-order valence-electron chi connectivity index (χ1n) is 4.40. The number of aromatic nitrogens is 1. The average Bonchev–Trinajstić information content (AvgIpc) is 2.17. The lowest BCUT2D eigenvalue weighted by Gasteiger charge is -2.05. The van der Waals surface area contributed by atoms with Gasteiger partial charge in [-0.25, -0.2) is 4.98 Å². The van der Waals surface area contributed by atoms with E-state index in [-0.39, 0.29) is 4.99 Å². The van der Waals surface area contributed by atoms with Gasteiger partial charge in [0.15, 0.2) is 0 Å². The van der Waals surface area contributed by atoms with Crippen LogP contribution in [-0.2, 0) is 10.8 Å². The Morgan fingerprint density at radius 1 is 1.67 bits per heavy atom. The predicted octanol–water partition coefficient (Wildman–Crippen LogP) is 0.506. The third-order valence-corrected chi connectivity index (χ3v) is 2.69. The van der Waals surface area contributed by atoms with E-state index in [1.807, 2.05) is 12.1 Å². The molecule has 1 atom stereocenters. The van der Waals surface area contributed by atoms with Crippen molar-refractivity contribution in [1.29, 1.82) is 0 Å². The molecule has 0 aromatic carbocycles. The van der Waals surface area contributed by atoms with Crippen LogP contribution >= 0.6 is 12.2 Å². The third-order valence-electron chi connectivity index (χ3n) is 1.70. The van der Waals surface area contributed by atoms with Gasteiger partial charge >= 0.3 is 0 Å². The van der Waals surface area contributed by atoms with Crippen molar-refractivity contribution in [3.63, 3.8) is 0 Å². The van der Waals surface area contributed by atoms with Crippen LogP contribution in [0.25, 0.3) is 0 Å². The Kier molecular flexibility index (Phi) is 4.64. The monoisotopic (exact) mass is 243 g/mol. The third kappa shape index (κ3) is 4.35. The summed E-state index contributed by atoms with van der Waals surface area (Å²) in [4.78, 5) is 4.47. The van der Waals surface area contributed by atoms with Gasteiger partial charge in [0.1, 0.15) is 10.8 Å². The first-order chi connectivity index (χ1) is 7.09. The standard InChI is InChI=1S/C9H13N3OS2/c1-15(13)6-5-11-8-4-2-3-7(12-8)9(10)14/h2-4H,5-6H2,1H3,(H2,10,14)(H,11,12). The molecule has 15 heavy (non-hydrogen) atoms. The zero-order chi connectivity index (χ0) is 11.3. The molecule has 6 heteroatoms. The number of anilines is 1. The van der Waals surface area contributed by atoms with Crippen LogP contribution in [0.4, 0.5) is 5.82 Å². The van der Waals surface area contributed by atoms with Gasteiger partial charge in [0.2, 0.25) is 0 Å². The summed E-state index contributed by atoms with van der Waals surface area (Å²) in [5, 5.41) is 3.05. The van der Waals surface area contributed by atoms with Gasteiger partial charge in [0.05, 0.1) is 5.69 Å². The summed E-state index contributed by atoms with van der Waals surface area (Å²) in [6.45, 7) is 0.622. The molecule has 0 spiro atoms. The van der Waals surface area contributed by atoms with Crippen LogP contribution in [0.1, 0.15) is 5.69 Å². The molecule has 1 aromatic heterocycles. The summed E-state index contributed by atoms with van der Waals surface area (Å²) >= 11 is 4.81. The van der Waals surface area contributed by atoms with E-state index in [2.05, 4.69) is 10.3 Å². The molecule has 0 aliphatic heterocycles. The number of hydrogen-bond acceptors (Lipinski definition) is 4. The second-order valence-electron chi connectivity index (χ2n) is 2.98. The number of rotatable bonds is 5. The van der Waals surface area contributed by atoms with Gasteiger partial charge < -0.3 is 11.1 Å². The summed E-state index contributed by atoms with van der Waals surface area (Å²) in [5.74, 6) is 1.30. The highest BCUT2D eigenvalue weighted by Gasteiger charge is 1.99. The molecule has 0 aliphatic rings. The van der Waals surface area contributed by atoms with Gasteiger partial charge in [-0.15, -0.1) is 0 Å². The van der Waals surface area contributed by atoms with Gasteiger partial charge in [0, 0.05) is 29.4 Å². The lowest BCUT2D eigenvalue weighted by atomic mass is 10.3. The SMILES string of the molecule is CS(=O)CCNc1cccc(C(N)=S)n1. The van der Waals surface area contributed by atoms with Gasteiger partial charge in [0.25, 0.3) is 0 Å². The normalized spacial score (nSPS) is 12.1. The van der Waals surface area contributed by atoms with E-state index in [0.29, 0.717) is 23.8 Å². The Morgan fingerprint density at radius 3 is 3.00 bits per heavy atom. The molecule has 0 amide bonds. The van der Waals surface area contributed by atoms with Crippen molar-refractivity contribution in [1.82, 2.24) is 4.98 Å². The number of nitrogens with zero attached hydrogens (tertiary/aromatic N) is 1. The second kappa shape index (κ2) is 5.77. The van der Waals surface area contributed by atoms with Crippen LogP contribution < -0.4 is 11.1 Å². The van der Waals surface area contributed by atoms with E-state index in [4.69, 9.17) is 18.0 Å². The molecule has 0 saturated heterocycles. The molecule has 4 nitrogen and oxygen atoms in total. The summed E-state index contributed by atoms with van der Waals surface area (Å²) in [7, 11) is -0.794. The Labute approximate surface area is 96.7 Å². The van der Waals surface area contributed by atoms with E-state index < -0.39 is 10.8 Å². The zero-order valence-corrected chi connectivity index (χ0v) is 10.0. The maximum absolute atomic E-state index is 10.8. The molecular weight excluding hydrogens is 230 g/mol. The number of thiocarbonyl (C=S) groups is 1. The van der Waals surface area contributed by atoms with Gasteiger partial charge in [-0.2, -0.15) is 0 Å². The lowest BCUT2D eigenvalue weighted by molar-refractivity contribution is 0.687. The van der Waals surface area contributed by atoms with Gasteiger partial charge in [-0.3, -0.25) is 4.21 Å². The molecule has 1 unspecified atom stereocenters. The van der Waals surface area contributed by atoms with Gasteiger partial charge in [-0.05, 0) is 12.1 Å². The van der Waals surface area contributed by atoms with Crippen LogP contribution in [0.15, 0.2) is 18.2 Å². The summed E-state index contributed by atoms with van der Waals surface area (Å²) in [6.07, 6.45) is 1.67. The van der Waals surface area contributed by atoms with Crippen molar-refractivity contribution >= 4 is 33.8 Å². The first-order valence-corrected chi connectivity index (χ1v) is 6.54. The molecule has 0 saturated carbocycles. The summed E-state index contributed by atoms with van der Waals surface area (Å²) < 4.78 is 10.8. The largest absolute Gasteiger partial charge is 0.388 e. The van der Waals surface area contributed by atoms with Crippen molar-refractivity contribution in [2.24, 2.45) is 5.73 Å². The molecule has 0 radical (unpaired) electrons. The zero-order valence-electron chi connectivity index (χ0n) is 8.40. The highest BCUT2D eigenvalue weighted by Crippen LogP contribution is 2.04. The molecule has 0 fully saturated rings. The van der Waals surface area contributed by atoms with Crippen molar-refractivity contribution in [3.8, 4) is 0 Å². The van der Waals surface area contributed by atoms with Crippen LogP contribution in [-0.4, -0.2) is 32.7 Å². The highest BCUT2D eigenvalue weighted by molar-refractivity contribution is 7.84. The topological polar surface area (TPSA) is 68.0 Å². The molecule has 1 aromatic rings. The Morgan fingerprint density at radius 2 is 2.40 bits per heavy atom. The van der Waals surface area contributed by atoms with Crippen molar-refractivity contribution in [3.05, 3.63) is 23.9 Å². The van der Waals surface area contributed by atoms with Gasteiger partial charge in [-0.1, -0.05) is 18.3 Å². The molecule has 3 N–H and O–H groups in total. The molecule has 82 valence electrons. The summed E-state index contributed by atoms with van der Waals surface area (Å²) in [6, 6.07) is 5.40. The van der Waals surface area contributed by atoms with Crippen molar-refractivity contribution in [2.45, 2.75) is 0 Å². The average molecular weight is 243 g/mol. The minimum atomic E-state index is -0.794. The van der Waals surface area contributed by atoms with E-state index in [1.54, 1.807) is 12.3 Å². The Balaban J connectivity index is 2.58. The smallest absolute Gasteiger partial charge is 0.126 e. The van der Waals surface area contributed by atoms with Crippen molar-refractivity contribution in [2.75, 3.05) is 23.9 Å². The number of hydrogen-bond donors (Lipinski definition) is 2.